The Morgan fingerprint density at radius 3 is 2.65 bits per heavy atom. The van der Waals surface area contributed by atoms with Crippen molar-refractivity contribution in [2.45, 2.75) is 19.0 Å². The van der Waals surface area contributed by atoms with Crippen LogP contribution in [0.15, 0.2) is 57.8 Å². The van der Waals surface area contributed by atoms with Gasteiger partial charge in [-0.1, -0.05) is 47.7 Å². The third kappa shape index (κ3) is 4.65. The maximum Gasteiger partial charge on any atom is 0.260 e. The van der Waals surface area contributed by atoms with Crippen LogP contribution >= 0.6 is 23.1 Å². The minimum absolute atomic E-state index is 0.113. The van der Waals surface area contributed by atoms with E-state index in [-0.39, 0.29) is 17.2 Å². The molecular formula is C23H21N3O3S2. The second kappa shape index (κ2) is 8.95. The number of carbonyl (C=O) groups excluding carboxylic acids is 1. The average Bonchev–Trinajstić information content (AvgIpc) is 3.18. The fourth-order valence-electron chi connectivity index (χ4n) is 3.18. The van der Waals surface area contributed by atoms with Crippen molar-refractivity contribution >= 4 is 44.9 Å². The molecule has 4 rings (SSSR count). The molecule has 1 amide bonds. The number of nitrogens with one attached hydrogen (secondary N) is 2. The number of amides is 1. The standard InChI is InChI=1S/C23H21N3O3S2/c1-13-4-7-15(8-5-13)16-11-30-22-20(16)21(28)25-23(26-22)31-12-19(27)24-17-10-14(2)6-9-18(17)29-3/h4-11H,12H2,1-3H3,(H,24,27)(H,25,26,28). The lowest BCUT2D eigenvalue weighted by molar-refractivity contribution is -0.113. The Morgan fingerprint density at radius 1 is 1.16 bits per heavy atom. The Balaban J connectivity index is 1.51. The molecule has 0 aliphatic rings. The summed E-state index contributed by atoms with van der Waals surface area (Å²) in [5.41, 5.74) is 4.44. The number of aromatic nitrogens is 2. The van der Waals surface area contributed by atoms with E-state index in [0.717, 1.165) is 22.3 Å². The van der Waals surface area contributed by atoms with Crippen molar-refractivity contribution in [1.82, 2.24) is 9.97 Å². The first-order valence-electron chi connectivity index (χ1n) is 9.60. The van der Waals surface area contributed by atoms with Gasteiger partial charge in [-0.25, -0.2) is 4.98 Å². The van der Waals surface area contributed by atoms with Gasteiger partial charge in [0.25, 0.3) is 5.56 Å². The molecule has 8 heteroatoms. The smallest absolute Gasteiger partial charge is 0.260 e. The first kappa shape index (κ1) is 21.1. The Bertz CT molecular complexity index is 1310. The number of thioether (sulfide) groups is 1. The largest absolute Gasteiger partial charge is 0.495 e. The zero-order chi connectivity index (χ0) is 22.0. The average molecular weight is 452 g/mol. The van der Waals surface area contributed by atoms with Gasteiger partial charge in [-0.15, -0.1) is 11.3 Å². The van der Waals surface area contributed by atoms with Crippen molar-refractivity contribution in [3.8, 4) is 16.9 Å². The van der Waals surface area contributed by atoms with Gasteiger partial charge in [-0.05, 0) is 37.1 Å². The molecule has 0 radical (unpaired) electrons. The van der Waals surface area contributed by atoms with Crippen LogP contribution in [0.2, 0.25) is 0 Å². The molecule has 0 saturated carbocycles. The number of carbonyl (C=O) groups is 1. The van der Waals surface area contributed by atoms with Crippen molar-refractivity contribution in [3.05, 3.63) is 69.3 Å². The number of H-pyrrole nitrogens is 1. The number of methoxy groups -OCH3 is 1. The van der Waals surface area contributed by atoms with Crippen LogP contribution < -0.4 is 15.6 Å². The Kier molecular flexibility index (Phi) is 6.11. The predicted octanol–water partition coefficient (Wildman–Crippen LogP) is 5.01. The van der Waals surface area contributed by atoms with Gasteiger partial charge in [0.2, 0.25) is 5.91 Å². The molecule has 158 valence electrons. The van der Waals surface area contributed by atoms with E-state index in [2.05, 4.69) is 15.3 Å². The van der Waals surface area contributed by atoms with Crippen molar-refractivity contribution < 1.29 is 9.53 Å². The number of aryl methyl sites for hydroxylation is 2. The molecule has 0 fully saturated rings. The summed E-state index contributed by atoms with van der Waals surface area (Å²) in [6.45, 7) is 3.97. The summed E-state index contributed by atoms with van der Waals surface area (Å²) in [6.07, 6.45) is 0. The number of anilines is 1. The van der Waals surface area contributed by atoms with Crippen LogP contribution in [-0.2, 0) is 4.79 Å². The molecule has 2 heterocycles. The molecule has 2 N–H and O–H groups in total. The van der Waals surface area contributed by atoms with E-state index in [1.54, 1.807) is 7.11 Å². The van der Waals surface area contributed by atoms with Crippen LogP contribution in [-0.4, -0.2) is 28.7 Å². The predicted molar refractivity (Wildman–Crippen MR) is 127 cm³/mol. The lowest BCUT2D eigenvalue weighted by Crippen LogP contribution is -2.16. The van der Waals surface area contributed by atoms with Crippen LogP contribution in [0.4, 0.5) is 5.69 Å². The van der Waals surface area contributed by atoms with Crippen molar-refractivity contribution in [3.63, 3.8) is 0 Å². The van der Waals surface area contributed by atoms with Crippen LogP contribution in [0.25, 0.3) is 21.3 Å². The fraction of sp³-hybridized carbons (Fsp3) is 0.174. The summed E-state index contributed by atoms with van der Waals surface area (Å²) in [5, 5.41) is 5.79. The van der Waals surface area contributed by atoms with Crippen LogP contribution in [0.1, 0.15) is 11.1 Å². The molecule has 0 aliphatic heterocycles. The quantitative estimate of drug-likeness (QED) is 0.318. The molecule has 2 aromatic carbocycles. The third-order valence-electron chi connectivity index (χ3n) is 4.75. The van der Waals surface area contributed by atoms with Crippen molar-refractivity contribution in [2.24, 2.45) is 0 Å². The van der Waals surface area contributed by atoms with Crippen LogP contribution in [0, 0.1) is 13.8 Å². The Morgan fingerprint density at radius 2 is 1.90 bits per heavy atom. The van der Waals surface area contributed by atoms with Gasteiger partial charge < -0.3 is 15.0 Å². The highest BCUT2D eigenvalue weighted by atomic mass is 32.2. The zero-order valence-electron chi connectivity index (χ0n) is 17.3. The minimum Gasteiger partial charge on any atom is -0.495 e. The molecule has 31 heavy (non-hydrogen) atoms. The number of thiophene rings is 1. The highest BCUT2D eigenvalue weighted by molar-refractivity contribution is 7.99. The molecule has 0 bridgehead atoms. The van der Waals surface area contributed by atoms with E-state index in [9.17, 15) is 9.59 Å². The topological polar surface area (TPSA) is 84.1 Å². The number of hydrogen-bond acceptors (Lipinski definition) is 6. The first-order valence-corrected chi connectivity index (χ1v) is 11.5. The molecule has 0 aliphatic carbocycles. The zero-order valence-corrected chi connectivity index (χ0v) is 18.9. The van der Waals surface area contributed by atoms with Gasteiger partial charge >= 0.3 is 0 Å². The Hall–Kier alpha value is -3.10. The molecule has 4 aromatic rings. The second-order valence-electron chi connectivity index (χ2n) is 7.11. The van der Waals surface area contributed by atoms with Gasteiger partial charge in [0.15, 0.2) is 5.16 Å². The highest BCUT2D eigenvalue weighted by Crippen LogP contribution is 2.32. The van der Waals surface area contributed by atoms with Crippen molar-refractivity contribution in [1.29, 1.82) is 0 Å². The number of benzene rings is 2. The van der Waals surface area contributed by atoms with E-state index in [1.165, 1.54) is 23.1 Å². The summed E-state index contributed by atoms with van der Waals surface area (Å²) < 4.78 is 5.29. The minimum atomic E-state index is -0.205. The number of rotatable bonds is 6. The Labute approximate surface area is 187 Å². The van der Waals surface area contributed by atoms with Gasteiger partial charge in [0.1, 0.15) is 10.6 Å². The molecule has 0 atom stereocenters. The van der Waals surface area contributed by atoms with E-state index >= 15 is 0 Å². The van der Waals surface area contributed by atoms with E-state index in [0.29, 0.717) is 26.8 Å². The molecule has 0 saturated heterocycles. The summed E-state index contributed by atoms with van der Waals surface area (Å²) in [6, 6.07) is 13.6. The molecule has 2 aromatic heterocycles. The number of nitrogens with zero attached hydrogens (tertiary/aromatic N) is 1. The first-order chi connectivity index (χ1) is 14.9. The summed E-state index contributed by atoms with van der Waals surface area (Å²) in [7, 11) is 1.56. The summed E-state index contributed by atoms with van der Waals surface area (Å²) >= 11 is 2.61. The molecular weight excluding hydrogens is 430 g/mol. The normalized spacial score (nSPS) is 10.9. The second-order valence-corrected chi connectivity index (χ2v) is 8.93. The maximum atomic E-state index is 12.8. The molecule has 0 spiro atoms. The van der Waals surface area contributed by atoms with Gasteiger partial charge in [-0.3, -0.25) is 9.59 Å². The summed E-state index contributed by atoms with van der Waals surface area (Å²) in [4.78, 5) is 33.2. The number of ether oxygens (including phenoxy) is 1. The van der Waals surface area contributed by atoms with Gasteiger partial charge in [0, 0.05) is 10.9 Å². The SMILES string of the molecule is COc1ccc(C)cc1NC(=O)CSc1nc2scc(-c3ccc(C)cc3)c2c(=O)[nH]1. The lowest BCUT2D eigenvalue weighted by Gasteiger charge is -2.10. The van der Waals surface area contributed by atoms with E-state index < -0.39 is 0 Å². The fourth-order valence-corrected chi connectivity index (χ4v) is 4.85. The number of hydrogen-bond donors (Lipinski definition) is 2. The third-order valence-corrected chi connectivity index (χ3v) is 6.50. The summed E-state index contributed by atoms with van der Waals surface area (Å²) in [5.74, 6) is 0.504. The monoisotopic (exact) mass is 451 g/mol. The van der Waals surface area contributed by atoms with Gasteiger partial charge in [-0.2, -0.15) is 0 Å². The number of aromatic amines is 1. The van der Waals surface area contributed by atoms with Crippen LogP contribution in [0.3, 0.4) is 0 Å². The maximum absolute atomic E-state index is 12.8. The van der Waals surface area contributed by atoms with E-state index in [4.69, 9.17) is 4.74 Å². The number of fused-ring (bicyclic) bond motifs is 1. The van der Waals surface area contributed by atoms with E-state index in [1.807, 2.05) is 61.7 Å². The van der Waals surface area contributed by atoms with Crippen molar-refractivity contribution in [2.75, 3.05) is 18.2 Å². The highest BCUT2D eigenvalue weighted by Gasteiger charge is 2.14. The molecule has 6 nitrogen and oxygen atoms in total. The van der Waals surface area contributed by atoms with Crippen LogP contribution in [0.5, 0.6) is 5.75 Å². The van der Waals surface area contributed by atoms with Gasteiger partial charge in [0.05, 0.1) is 23.9 Å². The lowest BCUT2D eigenvalue weighted by atomic mass is 10.1. The molecule has 0 unspecified atom stereocenters.